The molecular formula is C12H16F3N. The van der Waals surface area contributed by atoms with E-state index in [1.165, 1.54) is 6.07 Å². The van der Waals surface area contributed by atoms with Crippen LogP contribution in [0.1, 0.15) is 27.2 Å². The Bertz CT molecular complexity index is 364. The molecule has 0 aliphatic heterocycles. The Kier molecular flexibility index (Phi) is 4.21. The monoisotopic (exact) mass is 231 g/mol. The average molecular weight is 231 g/mol. The predicted molar refractivity (Wildman–Crippen MR) is 58.9 cm³/mol. The van der Waals surface area contributed by atoms with Crippen molar-refractivity contribution in [1.82, 2.24) is 0 Å². The van der Waals surface area contributed by atoms with Gasteiger partial charge in [0.25, 0.3) is 0 Å². The first-order valence-electron chi connectivity index (χ1n) is 5.37. The van der Waals surface area contributed by atoms with Crippen molar-refractivity contribution >= 4 is 5.69 Å². The summed E-state index contributed by atoms with van der Waals surface area (Å²) in [6.07, 6.45) is 0.788. The molecular weight excluding hydrogens is 215 g/mol. The van der Waals surface area contributed by atoms with E-state index in [1.54, 1.807) is 0 Å². The summed E-state index contributed by atoms with van der Waals surface area (Å²) in [4.78, 5) is 0. The van der Waals surface area contributed by atoms with Crippen LogP contribution in [0.5, 0.6) is 0 Å². The normalized spacial score (nSPS) is 12.9. The van der Waals surface area contributed by atoms with Crippen LogP contribution >= 0.6 is 0 Å². The van der Waals surface area contributed by atoms with Gasteiger partial charge >= 0.3 is 0 Å². The molecule has 0 bridgehead atoms. The SMILES string of the molecule is CCC(Nc1ccc(F)c(F)c1F)C(C)C. The van der Waals surface area contributed by atoms with Crippen LogP contribution in [0.25, 0.3) is 0 Å². The van der Waals surface area contributed by atoms with E-state index in [-0.39, 0.29) is 17.6 Å². The highest BCUT2D eigenvalue weighted by Crippen LogP contribution is 2.22. The van der Waals surface area contributed by atoms with Gasteiger partial charge in [-0.05, 0) is 24.5 Å². The van der Waals surface area contributed by atoms with Crippen LogP contribution in [0.4, 0.5) is 18.9 Å². The molecule has 4 heteroatoms. The molecule has 0 spiro atoms. The Balaban J connectivity index is 2.93. The molecule has 1 aromatic carbocycles. The van der Waals surface area contributed by atoms with Gasteiger partial charge in [-0.1, -0.05) is 20.8 Å². The number of hydrogen-bond donors (Lipinski definition) is 1. The van der Waals surface area contributed by atoms with Crippen molar-refractivity contribution in [2.24, 2.45) is 5.92 Å². The van der Waals surface area contributed by atoms with Crippen LogP contribution in [0.3, 0.4) is 0 Å². The molecule has 1 rings (SSSR count). The third-order valence-electron chi connectivity index (χ3n) is 2.62. The third-order valence-corrected chi connectivity index (χ3v) is 2.62. The quantitative estimate of drug-likeness (QED) is 0.773. The van der Waals surface area contributed by atoms with Gasteiger partial charge < -0.3 is 5.32 Å². The fourth-order valence-electron chi connectivity index (χ4n) is 1.58. The van der Waals surface area contributed by atoms with Gasteiger partial charge in [-0.25, -0.2) is 13.2 Å². The highest BCUT2D eigenvalue weighted by Gasteiger charge is 2.17. The van der Waals surface area contributed by atoms with Crippen molar-refractivity contribution in [3.63, 3.8) is 0 Å². The zero-order chi connectivity index (χ0) is 12.3. The molecule has 0 fully saturated rings. The minimum atomic E-state index is -1.43. The smallest absolute Gasteiger partial charge is 0.196 e. The lowest BCUT2D eigenvalue weighted by Crippen LogP contribution is -2.25. The molecule has 0 radical (unpaired) electrons. The van der Waals surface area contributed by atoms with Gasteiger partial charge in [-0.3, -0.25) is 0 Å². The second kappa shape index (κ2) is 5.23. The fourth-order valence-corrected chi connectivity index (χ4v) is 1.58. The van der Waals surface area contributed by atoms with E-state index in [2.05, 4.69) is 5.32 Å². The lowest BCUT2D eigenvalue weighted by atomic mass is 10.0. The van der Waals surface area contributed by atoms with E-state index >= 15 is 0 Å². The number of hydrogen-bond acceptors (Lipinski definition) is 1. The molecule has 0 aliphatic carbocycles. The van der Waals surface area contributed by atoms with Gasteiger partial charge in [0.1, 0.15) is 0 Å². The third kappa shape index (κ3) is 2.68. The predicted octanol–water partition coefficient (Wildman–Crippen LogP) is 3.95. The Hall–Kier alpha value is -1.19. The van der Waals surface area contributed by atoms with Gasteiger partial charge in [0, 0.05) is 6.04 Å². The standard InChI is InChI=1S/C12H16F3N/c1-4-9(7(2)3)16-10-6-5-8(13)11(14)12(10)15/h5-7,9,16H,4H2,1-3H3. The molecule has 0 saturated heterocycles. The highest BCUT2D eigenvalue weighted by molar-refractivity contribution is 5.46. The zero-order valence-electron chi connectivity index (χ0n) is 9.65. The van der Waals surface area contributed by atoms with Crippen LogP contribution < -0.4 is 5.32 Å². The Labute approximate surface area is 93.7 Å². The second-order valence-corrected chi connectivity index (χ2v) is 4.13. The van der Waals surface area contributed by atoms with E-state index in [1.807, 2.05) is 20.8 Å². The summed E-state index contributed by atoms with van der Waals surface area (Å²) in [6, 6.07) is 2.19. The largest absolute Gasteiger partial charge is 0.380 e. The Morgan fingerprint density at radius 1 is 1.12 bits per heavy atom. The first-order chi connectivity index (χ1) is 7.47. The highest BCUT2D eigenvalue weighted by atomic mass is 19.2. The first kappa shape index (κ1) is 12.9. The molecule has 1 aromatic rings. The minimum Gasteiger partial charge on any atom is -0.380 e. The van der Waals surface area contributed by atoms with E-state index in [0.717, 1.165) is 12.5 Å². The number of benzene rings is 1. The van der Waals surface area contributed by atoms with Crippen LogP contribution in [0.2, 0.25) is 0 Å². The van der Waals surface area contributed by atoms with Gasteiger partial charge in [0.2, 0.25) is 0 Å². The van der Waals surface area contributed by atoms with Crippen molar-refractivity contribution in [3.8, 4) is 0 Å². The molecule has 0 saturated carbocycles. The van der Waals surface area contributed by atoms with Gasteiger partial charge in [0.15, 0.2) is 17.5 Å². The van der Waals surface area contributed by atoms with Crippen molar-refractivity contribution in [3.05, 3.63) is 29.6 Å². The van der Waals surface area contributed by atoms with Crippen molar-refractivity contribution in [1.29, 1.82) is 0 Å². The van der Waals surface area contributed by atoms with Crippen molar-refractivity contribution in [2.75, 3.05) is 5.32 Å². The number of halogens is 3. The summed E-state index contributed by atoms with van der Waals surface area (Å²) >= 11 is 0. The summed E-state index contributed by atoms with van der Waals surface area (Å²) in [6.45, 7) is 5.92. The summed E-state index contributed by atoms with van der Waals surface area (Å²) in [7, 11) is 0. The van der Waals surface area contributed by atoms with Crippen LogP contribution in [0.15, 0.2) is 12.1 Å². The average Bonchev–Trinajstić information content (AvgIpc) is 2.25. The van der Waals surface area contributed by atoms with Crippen LogP contribution in [-0.4, -0.2) is 6.04 Å². The molecule has 1 atom stereocenters. The van der Waals surface area contributed by atoms with Gasteiger partial charge in [-0.2, -0.15) is 0 Å². The van der Waals surface area contributed by atoms with E-state index in [4.69, 9.17) is 0 Å². The molecule has 0 aromatic heterocycles. The van der Waals surface area contributed by atoms with Crippen molar-refractivity contribution in [2.45, 2.75) is 33.2 Å². The number of anilines is 1. The minimum absolute atomic E-state index is 0.0134. The van der Waals surface area contributed by atoms with E-state index < -0.39 is 17.5 Å². The topological polar surface area (TPSA) is 12.0 Å². The zero-order valence-corrected chi connectivity index (χ0v) is 9.65. The molecule has 90 valence electrons. The van der Waals surface area contributed by atoms with Gasteiger partial charge in [-0.15, -0.1) is 0 Å². The van der Waals surface area contributed by atoms with Crippen LogP contribution in [0, 0.1) is 23.4 Å². The maximum Gasteiger partial charge on any atom is 0.196 e. The fraction of sp³-hybridized carbons (Fsp3) is 0.500. The lowest BCUT2D eigenvalue weighted by Gasteiger charge is -2.22. The maximum absolute atomic E-state index is 13.3. The molecule has 1 nitrogen and oxygen atoms in total. The number of nitrogens with one attached hydrogen (secondary N) is 1. The Morgan fingerprint density at radius 3 is 2.25 bits per heavy atom. The summed E-state index contributed by atoms with van der Waals surface area (Å²) in [5.41, 5.74) is 0.0134. The number of rotatable bonds is 4. The van der Waals surface area contributed by atoms with E-state index in [9.17, 15) is 13.2 Å². The molecule has 0 amide bonds. The van der Waals surface area contributed by atoms with Gasteiger partial charge in [0.05, 0.1) is 5.69 Å². The lowest BCUT2D eigenvalue weighted by molar-refractivity contribution is 0.445. The maximum atomic E-state index is 13.3. The van der Waals surface area contributed by atoms with Crippen molar-refractivity contribution < 1.29 is 13.2 Å². The molecule has 1 N–H and O–H groups in total. The summed E-state index contributed by atoms with van der Waals surface area (Å²) in [5.74, 6) is -3.46. The molecule has 16 heavy (non-hydrogen) atoms. The summed E-state index contributed by atoms with van der Waals surface area (Å²) in [5, 5.41) is 2.88. The molecule has 0 aliphatic rings. The first-order valence-corrected chi connectivity index (χ1v) is 5.37. The summed E-state index contributed by atoms with van der Waals surface area (Å²) < 4.78 is 39.0. The molecule has 1 unspecified atom stereocenters. The van der Waals surface area contributed by atoms with Crippen LogP contribution in [-0.2, 0) is 0 Å². The second-order valence-electron chi connectivity index (χ2n) is 4.13. The molecule has 0 heterocycles. The van der Waals surface area contributed by atoms with E-state index in [0.29, 0.717) is 0 Å². The Morgan fingerprint density at radius 2 is 1.75 bits per heavy atom.